The van der Waals surface area contributed by atoms with E-state index < -0.39 is 11.5 Å². The fourth-order valence-electron chi connectivity index (χ4n) is 7.11. The largest absolute Gasteiger partial charge is 0.361 e. The average Bonchev–Trinajstić information content (AvgIpc) is 3.81. The SMILES string of the molecule is CC(C)(C)c1cc(/C2=C3\CC/C(=C(\c4ccc(I)cc4)C4=N/C(=C\C5NC(/C=C6/C=CC2=N6)C(C)(C)C5=O)C=C4)N3)cc(C(C)(C)C)c1. The van der Waals surface area contributed by atoms with Crippen LogP contribution in [0.3, 0.4) is 0 Å². The van der Waals surface area contributed by atoms with Gasteiger partial charge in [-0.25, -0.2) is 9.98 Å². The van der Waals surface area contributed by atoms with Crippen LogP contribution in [-0.2, 0) is 15.6 Å². The lowest BCUT2D eigenvalue weighted by Crippen LogP contribution is -2.33. The van der Waals surface area contributed by atoms with Gasteiger partial charge in [0.2, 0.25) is 0 Å². The normalized spacial score (nSPS) is 28.6. The first-order valence-corrected chi connectivity index (χ1v) is 18.1. The monoisotopic (exact) mass is 748 g/mol. The van der Waals surface area contributed by atoms with Crippen LogP contribution in [0.25, 0.3) is 11.1 Å². The van der Waals surface area contributed by atoms with Gasteiger partial charge in [0.1, 0.15) is 0 Å². The molecule has 7 rings (SSSR count). The van der Waals surface area contributed by atoms with Crippen LogP contribution in [-0.4, -0.2) is 29.3 Å². The highest BCUT2D eigenvalue weighted by Crippen LogP contribution is 2.40. The topological polar surface area (TPSA) is 65.8 Å². The quantitative estimate of drug-likeness (QED) is 0.302. The number of Topliss-reactive ketones (excluding diaryl/α,β-unsaturated/α-hetero) is 1. The molecule has 5 nitrogen and oxygen atoms in total. The molecule has 0 saturated carbocycles. The maximum absolute atomic E-state index is 13.7. The number of aliphatic imine (C=N–C) groups is 2. The van der Waals surface area contributed by atoms with Crippen molar-refractivity contribution in [3.8, 4) is 0 Å². The van der Waals surface area contributed by atoms with Gasteiger partial charge in [0.15, 0.2) is 5.78 Å². The number of carbonyl (C=O) groups is 1. The molecule has 2 fully saturated rings. The van der Waals surface area contributed by atoms with E-state index in [9.17, 15) is 4.79 Å². The third-order valence-corrected chi connectivity index (χ3v) is 10.9. The summed E-state index contributed by atoms with van der Waals surface area (Å²) in [5.41, 5.74) is 12.4. The minimum absolute atomic E-state index is 0.0227. The predicted molar refractivity (Wildman–Crippen MR) is 208 cm³/mol. The number of carbonyl (C=O) groups excluding carboxylic acids is 1. The van der Waals surface area contributed by atoms with Gasteiger partial charge >= 0.3 is 0 Å². The summed E-state index contributed by atoms with van der Waals surface area (Å²) in [6.45, 7) is 17.8. The fraction of sp³-hybridized carbons (Fsp3) is 0.357. The Bertz CT molecular complexity index is 1950. The molecular formula is C42H45IN4O. The summed E-state index contributed by atoms with van der Waals surface area (Å²) in [6, 6.07) is 15.2. The third kappa shape index (κ3) is 6.07. The van der Waals surface area contributed by atoms with E-state index in [0.717, 1.165) is 58.1 Å². The standard InChI is InChI=1S/C42H45IN4O/c1-40(2,3)26-19-25(20-27(21-26)41(4,5)6)38-32-16-14-30(45-32)23-36-42(7,8)39(48)35(47-36)22-29-13-15-31(44-29)37(33-17-18-34(38)46-33)24-9-11-28(43)12-10-24/h9-16,19-23,35-36,46-47H,17-18H2,1-8H3/b29-22-,30-23-,37-33-,38-34-. The molecule has 2 N–H and O–H groups in total. The molecule has 2 aromatic rings. The van der Waals surface area contributed by atoms with Gasteiger partial charge < -0.3 is 5.32 Å². The number of rotatable bonds is 2. The molecule has 5 aliphatic rings. The molecule has 2 saturated heterocycles. The van der Waals surface area contributed by atoms with Crippen LogP contribution in [0.5, 0.6) is 0 Å². The number of fused-ring (bicyclic) bond motifs is 6. The second-order valence-corrected chi connectivity index (χ2v) is 17.4. The predicted octanol–water partition coefficient (Wildman–Crippen LogP) is 9.13. The van der Waals surface area contributed by atoms with Gasteiger partial charge in [0.25, 0.3) is 0 Å². The van der Waals surface area contributed by atoms with Crippen molar-refractivity contribution >= 4 is 50.9 Å². The van der Waals surface area contributed by atoms with Crippen molar-refractivity contribution in [2.75, 3.05) is 0 Å². The summed E-state index contributed by atoms with van der Waals surface area (Å²) >= 11 is 2.36. The molecule has 0 radical (unpaired) electrons. The van der Waals surface area contributed by atoms with E-state index in [0.29, 0.717) is 0 Å². The first-order valence-electron chi connectivity index (χ1n) is 17.0. The minimum atomic E-state index is -0.595. The number of nitrogens with one attached hydrogen (secondary N) is 2. The highest BCUT2D eigenvalue weighted by molar-refractivity contribution is 14.1. The van der Waals surface area contributed by atoms with Gasteiger partial charge in [-0.2, -0.15) is 0 Å². The van der Waals surface area contributed by atoms with E-state index in [2.05, 4.69) is 142 Å². The Morgan fingerprint density at radius 3 is 1.79 bits per heavy atom. The van der Waals surface area contributed by atoms with Crippen molar-refractivity contribution in [1.29, 1.82) is 0 Å². The van der Waals surface area contributed by atoms with E-state index in [1.54, 1.807) is 0 Å². The number of hydrogen-bond acceptors (Lipinski definition) is 5. The second-order valence-electron chi connectivity index (χ2n) is 16.2. The molecule has 0 aromatic heterocycles. The Labute approximate surface area is 299 Å². The molecule has 246 valence electrons. The lowest BCUT2D eigenvalue weighted by molar-refractivity contribution is -0.124. The van der Waals surface area contributed by atoms with E-state index in [-0.39, 0.29) is 22.7 Å². The van der Waals surface area contributed by atoms with Gasteiger partial charge in [0.05, 0.1) is 28.9 Å². The van der Waals surface area contributed by atoms with E-state index in [1.165, 1.54) is 26.0 Å². The van der Waals surface area contributed by atoms with Gasteiger partial charge in [-0.3, -0.25) is 10.1 Å². The third-order valence-electron chi connectivity index (χ3n) is 10.2. The van der Waals surface area contributed by atoms with Crippen molar-refractivity contribution < 1.29 is 4.79 Å². The number of halogens is 1. The smallest absolute Gasteiger partial charge is 0.161 e. The highest BCUT2D eigenvalue weighted by atomic mass is 127. The van der Waals surface area contributed by atoms with Crippen LogP contribution >= 0.6 is 22.6 Å². The van der Waals surface area contributed by atoms with Crippen LogP contribution < -0.4 is 10.6 Å². The molecule has 2 aromatic carbocycles. The Kier molecular flexibility index (Phi) is 8.06. The molecule has 5 aliphatic heterocycles. The van der Waals surface area contributed by atoms with Crippen LogP contribution in [0, 0.1) is 8.99 Å². The lowest BCUT2D eigenvalue weighted by atomic mass is 9.78. The zero-order chi connectivity index (χ0) is 34.2. The minimum Gasteiger partial charge on any atom is -0.361 e. The van der Waals surface area contributed by atoms with Gasteiger partial charge in [-0.1, -0.05) is 85.7 Å². The number of hydrogen-bond donors (Lipinski definition) is 2. The summed E-state index contributed by atoms with van der Waals surface area (Å²) in [7, 11) is 0. The fourth-order valence-corrected chi connectivity index (χ4v) is 7.47. The van der Waals surface area contributed by atoms with E-state index in [4.69, 9.17) is 9.98 Å². The van der Waals surface area contributed by atoms with Crippen molar-refractivity contribution in [2.45, 2.75) is 91.1 Å². The molecule has 2 unspecified atom stereocenters. The first kappa shape index (κ1) is 32.9. The molecule has 0 amide bonds. The highest BCUT2D eigenvalue weighted by Gasteiger charge is 2.46. The summed E-state index contributed by atoms with van der Waals surface area (Å²) in [5.74, 6) is 0.165. The molecule has 0 aliphatic carbocycles. The van der Waals surface area contributed by atoms with E-state index in [1.807, 2.05) is 26.0 Å². The van der Waals surface area contributed by atoms with Crippen LogP contribution in [0.1, 0.15) is 90.5 Å². The Hall–Kier alpha value is -3.62. The van der Waals surface area contributed by atoms with Crippen molar-refractivity contribution in [3.05, 3.63) is 128 Å². The Balaban J connectivity index is 1.50. The van der Waals surface area contributed by atoms with Crippen LogP contribution in [0.4, 0.5) is 0 Å². The Morgan fingerprint density at radius 2 is 1.25 bits per heavy atom. The van der Waals surface area contributed by atoms with E-state index >= 15 is 0 Å². The number of nitrogens with zero attached hydrogens (tertiary/aromatic N) is 2. The second kappa shape index (κ2) is 11.8. The lowest BCUT2D eigenvalue weighted by Gasteiger charge is -2.27. The summed E-state index contributed by atoms with van der Waals surface area (Å²) in [6.07, 6.45) is 14.2. The van der Waals surface area contributed by atoms with Gasteiger partial charge in [-0.15, -0.1) is 0 Å². The van der Waals surface area contributed by atoms with Crippen molar-refractivity contribution in [1.82, 2.24) is 10.6 Å². The van der Waals surface area contributed by atoms with Crippen LogP contribution in [0.15, 0.2) is 112 Å². The molecular weight excluding hydrogens is 703 g/mol. The summed E-state index contributed by atoms with van der Waals surface area (Å²) < 4.78 is 1.19. The molecule has 0 spiro atoms. The Morgan fingerprint density at radius 1 is 0.729 bits per heavy atom. The molecule has 2 atom stereocenters. The maximum atomic E-state index is 13.7. The zero-order valence-corrected chi connectivity index (χ0v) is 31.4. The molecule has 8 bridgehead atoms. The molecule has 48 heavy (non-hydrogen) atoms. The summed E-state index contributed by atoms with van der Waals surface area (Å²) in [4.78, 5) is 24.1. The van der Waals surface area contributed by atoms with Crippen molar-refractivity contribution in [2.24, 2.45) is 15.4 Å². The van der Waals surface area contributed by atoms with Crippen LogP contribution in [0.2, 0.25) is 0 Å². The first-order chi connectivity index (χ1) is 22.6. The average molecular weight is 749 g/mol. The molecule has 6 heteroatoms. The zero-order valence-electron chi connectivity index (χ0n) is 29.3. The van der Waals surface area contributed by atoms with Crippen molar-refractivity contribution in [3.63, 3.8) is 0 Å². The number of ketones is 1. The van der Waals surface area contributed by atoms with Gasteiger partial charge in [-0.05, 0) is 117 Å². The number of benzene rings is 2. The number of allylic oxidation sites excluding steroid dienone is 8. The van der Waals surface area contributed by atoms with Gasteiger partial charge in [0, 0.05) is 37.6 Å². The maximum Gasteiger partial charge on any atom is 0.161 e. The molecule has 5 heterocycles. The summed E-state index contributed by atoms with van der Waals surface area (Å²) in [5, 5.41) is 7.54.